The molecule has 0 bridgehead atoms. The van der Waals surface area contributed by atoms with Gasteiger partial charge in [-0.25, -0.2) is 0 Å². The van der Waals surface area contributed by atoms with E-state index in [1.807, 2.05) is 25.3 Å². The molecule has 1 rings (SSSR count). The van der Waals surface area contributed by atoms with Gasteiger partial charge in [0.15, 0.2) is 0 Å². The predicted octanol–water partition coefficient (Wildman–Crippen LogP) is 2.94. The monoisotopic (exact) mass is 317 g/mol. The zero-order chi connectivity index (χ0) is 12.8. The van der Waals surface area contributed by atoms with Crippen molar-refractivity contribution < 1.29 is 9.53 Å². The van der Waals surface area contributed by atoms with E-state index in [-0.39, 0.29) is 11.9 Å². The average molecular weight is 318 g/mol. The molecule has 1 atom stereocenters. The van der Waals surface area contributed by atoms with Crippen LogP contribution in [0.1, 0.15) is 17.3 Å². The second-order valence-electron chi connectivity index (χ2n) is 3.68. The summed E-state index contributed by atoms with van der Waals surface area (Å²) in [5, 5.41) is 2.94. The Bertz CT molecular complexity index is 398. The van der Waals surface area contributed by atoms with Gasteiger partial charge < -0.3 is 10.1 Å². The molecule has 1 aromatic rings. The summed E-state index contributed by atoms with van der Waals surface area (Å²) in [6, 6.07) is 5.50. The molecular formula is C12H16BrNO2S. The van der Waals surface area contributed by atoms with Gasteiger partial charge in [0.1, 0.15) is 5.75 Å². The molecule has 0 saturated carbocycles. The maximum absolute atomic E-state index is 12.0. The lowest BCUT2D eigenvalue weighted by Gasteiger charge is -2.13. The third-order valence-electron chi connectivity index (χ3n) is 2.21. The summed E-state index contributed by atoms with van der Waals surface area (Å²) in [6.07, 6.45) is 2.02. The molecule has 0 aromatic heterocycles. The molecule has 1 aromatic carbocycles. The van der Waals surface area contributed by atoms with Crippen molar-refractivity contribution in [2.75, 3.05) is 19.1 Å². The highest BCUT2D eigenvalue weighted by Gasteiger charge is 2.13. The van der Waals surface area contributed by atoms with Crippen molar-refractivity contribution in [3.63, 3.8) is 0 Å². The van der Waals surface area contributed by atoms with E-state index in [0.717, 1.165) is 10.2 Å². The zero-order valence-corrected chi connectivity index (χ0v) is 12.5. The Labute approximate surface area is 114 Å². The Morgan fingerprint density at radius 1 is 1.59 bits per heavy atom. The lowest BCUT2D eigenvalue weighted by molar-refractivity contribution is 0.0942. The van der Waals surface area contributed by atoms with Crippen LogP contribution in [-0.2, 0) is 0 Å². The first-order valence-electron chi connectivity index (χ1n) is 5.21. The van der Waals surface area contributed by atoms with E-state index in [1.165, 1.54) is 0 Å². The molecule has 0 aliphatic rings. The molecule has 0 aliphatic heterocycles. The van der Waals surface area contributed by atoms with Gasteiger partial charge in [-0.05, 0) is 47.3 Å². The van der Waals surface area contributed by atoms with Crippen LogP contribution in [0.25, 0.3) is 0 Å². The van der Waals surface area contributed by atoms with E-state index in [2.05, 4.69) is 21.2 Å². The smallest absolute Gasteiger partial charge is 0.252 e. The molecule has 5 heteroatoms. The summed E-state index contributed by atoms with van der Waals surface area (Å²) in [5.74, 6) is 1.49. The summed E-state index contributed by atoms with van der Waals surface area (Å²) >= 11 is 5.08. The van der Waals surface area contributed by atoms with E-state index in [4.69, 9.17) is 4.74 Å². The maximum Gasteiger partial charge on any atom is 0.252 e. The van der Waals surface area contributed by atoms with Crippen LogP contribution in [0.5, 0.6) is 5.75 Å². The highest BCUT2D eigenvalue weighted by atomic mass is 79.9. The molecule has 94 valence electrons. The van der Waals surface area contributed by atoms with Gasteiger partial charge in [0.2, 0.25) is 0 Å². The molecule has 1 unspecified atom stereocenters. The third kappa shape index (κ3) is 4.24. The van der Waals surface area contributed by atoms with Gasteiger partial charge >= 0.3 is 0 Å². The molecule has 0 radical (unpaired) electrons. The molecule has 0 aliphatic carbocycles. The summed E-state index contributed by atoms with van der Waals surface area (Å²) < 4.78 is 5.88. The van der Waals surface area contributed by atoms with Crippen LogP contribution in [-0.4, -0.2) is 31.1 Å². The number of hydrogen-bond donors (Lipinski definition) is 1. The minimum absolute atomic E-state index is 0.0858. The second kappa shape index (κ2) is 6.91. The van der Waals surface area contributed by atoms with Gasteiger partial charge in [-0.2, -0.15) is 11.8 Å². The number of halogens is 1. The number of rotatable bonds is 5. The Kier molecular flexibility index (Phi) is 5.85. The van der Waals surface area contributed by atoms with E-state index < -0.39 is 0 Å². The number of carbonyl (C=O) groups excluding carboxylic acids is 1. The summed E-state index contributed by atoms with van der Waals surface area (Å²) in [5.41, 5.74) is 0.595. The van der Waals surface area contributed by atoms with Crippen LogP contribution >= 0.6 is 27.7 Å². The fourth-order valence-corrected chi connectivity index (χ4v) is 2.41. The van der Waals surface area contributed by atoms with Crippen LogP contribution in [0, 0.1) is 0 Å². The minimum Gasteiger partial charge on any atom is -0.497 e. The maximum atomic E-state index is 12.0. The molecule has 0 spiro atoms. The zero-order valence-electron chi connectivity index (χ0n) is 10.1. The van der Waals surface area contributed by atoms with Gasteiger partial charge in [0, 0.05) is 16.3 Å². The van der Waals surface area contributed by atoms with E-state index >= 15 is 0 Å². The molecular weight excluding hydrogens is 302 g/mol. The molecule has 3 nitrogen and oxygen atoms in total. The first-order chi connectivity index (χ1) is 8.08. The van der Waals surface area contributed by atoms with Gasteiger partial charge in [-0.1, -0.05) is 0 Å². The topological polar surface area (TPSA) is 38.3 Å². The number of nitrogens with one attached hydrogen (secondary N) is 1. The molecule has 17 heavy (non-hydrogen) atoms. The number of amides is 1. The largest absolute Gasteiger partial charge is 0.497 e. The normalized spacial score (nSPS) is 12.0. The highest BCUT2D eigenvalue weighted by molar-refractivity contribution is 9.10. The van der Waals surface area contributed by atoms with Crippen molar-refractivity contribution in [3.8, 4) is 5.75 Å². The van der Waals surface area contributed by atoms with Crippen molar-refractivity contribution in [1.29, 1.82) is 0 Å². The van der Waals surface area contributed by atoms with Crippen molar-refractivity contribution in [3.05, 3.63) is 28.2 Å². The number of carbonyl (C=O) groups is 1. The molecule has 0 heterocycles. The van der Waals surface area contributed by atoms with Crippen LogP contribution in [0.15, 0.2) is 22.7 Å². The number of methoxy groups -OCH3 is 1. The Hall–Kier alpha value is -0.680. The molecule has 1 amide bonds. The number of thioether (sulfide) groups is 1. The fourth-order valence-electron chi connectivity index (χ4n) is 1.40. The highest BCUT2D eigenvalue weighted by Crippen LogP contribution is 2.22. The number of ether oxygens (including phenoxy) is 1. The van der Waals surface area contributed by atoms with Crippen LogP contribution in [0.4, 0.5) is 0 Å². The van der Waals surface area contributed by atoms with E-state index in [9.17, 15) is 4.79 Å². The average Bonchev–Trinajstić information content (AvgIpc) is 2.29. The predicted molar refractivity (Wildman–Crippen MR) is 76.0 cm³/mol. The van der Waals surface area contributed by atoms with Crippen LogP contribution < -0.4 is 10.1 Å². The molecule has 0 saturated heterocycles. The lowest BCUT2D eigenvalue weighted by Crippen LogP contribution is -2.34. The molecule has 0 fully saturated rings. The first-order valence-corrected chi connectivity index (χ1v) is 7.40. The minimum atomic E-state index is -0.0858. The number of hydrogen-bond acceptors (Lipinski definition) is 3. The van der Waals surface area contributed by atoms with Crippen molar-refractivity contribution in [2.45, 2.75) is 13.0 Å². The Morgan fingerprint density at radius 3 is 2.88 bits per heavy atom. The second-order valence-corrected chi connectivity index (χ2v) is 5.44. The SMILES string of the molecule is COc1ccc(Br)c(C(=O)NC(C)CSC)c1. The van der Waals surface area contributed by atoms with Crippen molar-refractivity contribution >= 4 is 33.6 Å². The quantitative estimate of drug-likeness (QED) is 0.907. The van der Waals surface area contributed by atoms with E-state index in [0.29, 0.717) is 11.3 Å². The van der Waals surface area contributed by atoms with Gasteiger partial charge in [-0.3, -0.25) is 4.79 Å². The lowest BCUT2D eigenvalue weighted by atomic mass is 10.2. The first kappa shape index (κ1) is 14.4. The van der Waals surface area contributed by atoms with Gasteiger partial charge in [0.05, 0.1) is 12.7 Å². The van der Waals surface area contributed by atoms with Crippen molar-refractivity contribution in [1.82, 2.24) is 5.32 Å². The third-order valence-corrected chi connectivity index (χ3v) is 3.74. The van der Waals surface area contributed by atoms with Crippen molar-refractivity contribution in [2.24, 2.45) is 0 Å². The standard InChI is InChI=1S/C12H16BrNO2S/c1-8(7-17-3)14-12(15)10-6-9(16-2)4-5-11(10)13/h4-6,8H,7H2,1-3H3,(H,14,15). The summed E-state index contributed by atoms with van der Waals surface area (Å²) in [6.45, 7) is 1.99. The molecule has 1 N–H and O–H groups in total. The Morgan fingerprint density at radius 2 is 2.29 bits per heavy atom. The van der Waals surface area contributed by atoms with E-state index in [1.54, 1.807) is 24.9 Å². The van der Waals surface area contributed by atoms with Gasteiger partial charge in [0.25, 0.3) is 5.91 Å². The summed E-state index contributed by atoms with van der Waals surface area (Å²) in [7, 11) is 1.58. The Balaban J connectivity index is 2.80. The van der Waals surface area contributed by atoms with Gasteiger partial charge in [-0.15, -0.1) is 0 Å². The fraction of sp³-hybridized carbons (Fsp3) is 0.417. The van der Waals surface area contributed by atoms with Crippen LogP contribution in [0.3, 0.4) is 0 Å². The summed E-state index contributed by atoms with van der Waals surface area (Å²) in [4.78, 5) is 12.0. The van der Waals surface area contributed by atoms with Crippen LogP contribution in [0.2, 0.25) is 0 Å². The number of benzene rings is 1.